The fourth-order valence-corrected chi connectivity index (χ4v) is 1.38. The average molecular weight is 258 g/mol. The fraction of sp³-hybridized carbons (Fsp3) is 0.538. The van der Waals surface area contributed by atoms with E-state index in [4.69, 9.17) is 9.47 Å². The van der Waals surface area contributed by atoms with Crippen molar-refractivity contribution in [3.8, 4) is 5.75 Å². The summed E-state index contributed by atoms with van der Waals surface area (Å²) in [7, 11) is 0. The van der Waals surface area contributed by atoms with Crippen molar-refractivity contribution in [1.29, 1.82) is 0 Å². The molecule has 5 heteroatoms. The predicted molar refractivity (Wildman–Crippen MR) is 65.0 cm³/mol. The van der Waals surface area contributed by atoms with Crippen LogP contribution >= 0.6 is 0 Å². The number of halogens is 1. The predicted octanol–water partition coefficient (Wildman–Crippen LogP) is 1.66. The number of aliphatic hydroxyl groups is 2. The number of hydrogen-bond acceptors (Lipinski definition) is 4. The summed E-state index contributed by atoms with van der Waals surface area (Å²) < 4.78 is 23.7. The van der Waals surface area contributed by atoms with E-state index in [1.54, 1.807) is 13.0 Å². The van der Waals surface area contributed by atoms with E-state index < -0.39 is 18.0 Å². The van der Waals surface area contributed by atoms with Crippen LogP contribution in [0.5, 0.6) is 5.75 Å². The third-order valence-corrected chi connectivity index (χ3v) is 2.38. The molecule has 0 heterocycles. The van der Waals surface area contributed by atoms with Crippen LogP contribution in [-0.2, 0) is 4.74 Å². The Morgan fingerprint density at radius 1 is 1.28 bits per heavy atom. The molecule has 102 valence electrons. The second-order valence-electron chi connectivity index (χ2n) is 3.99. The van der Waals surface area contributed by atoms with Crippen molar-refractivity contribution < 1.29 is 24.1 Å². The molecule has 0 aliphatic heterocycles. The molecule has 18 heavy (non-hydrogen) atoms. The molecular formula is C13H19FO4. The summed E-state index contributed by atoms with van der Waals surface area (Å²) in [5.74, 6) is -0.507. The summed E-state index contributed by atoms with van der Waals surface area (Å²) >= 11 is 0. The van der Waals surface area contributed by atoms with Crippen LogP contribution in [0.3, 0.4) is 0 Å². The molecule has 0 bridgehead atoms. The van der Waals surface area contributed by atoms with Gasteiger partial charge in [-0.15, -0.1) is 0 Å². The molecule has 0 spiro atoms. The van der Waals surface area contributed by atoms with Gasteiger partial charge in [0.25, 0.3) is 0 Å². The first kappa shape index (κ1) is 14.9. The molecule has 0 aromatic heterocycles. The molecule has 1 rings (SSSR count). The van der Waals surface area contributed by atoms with Gasteiger partial charge in [0.1, 0.15) is 12.7 Å². The topological polar surface area (TPSA) is 58.9 Å². The lowest BCUT2D eigenvalue weighted by molar-refractivity contribution is 0.0157. The van der Waals surface area contributed by atoms with Crippen molar-refractivity contribution in [2.75, 3.05) is 19.8 Å². The van der Waals surface area contributed by atoms with Gasteiger partial charge >= 0.3 is 0 Å². The molecule has 0 aliphatic rings. The lowest BCUT2D eigenvalue weighted by atomic mass is 10.1. The first-order valence-electron chi connectivity index (χ1n) is 5.90. The molecular weight excluding hydrogens is 239 g/mol. The van der Waals surface area contributed by atoms with E-state index in [9.17, 15) is 14.6 Å². The van der Waals surface area contributed by atoms with Gasteiger partial charge in [-0.3, -0.25) is 0 Å². The van der Waals surface area contributed by atoms with E-state index >= 15 is 0 Å². The summed E-state index contributed by atoms with van der Waals surface area (Å²) in [4.78, 5) is 0. The molecule has 2 N–H and O–H groups in total. The largest absolute Gasteiger partial charge is 0.488 e. The number of rotatable bonds is 7. The highest BCUT2D eigenvalue weighted by Gasteiger charge is 2.10. The van der Waals surface area contributed by atoms with Gasteiger partial charge in [-0.25, -0.2) is 4.39 Å². The Kier molecular flexibility index (Phi) is 6.04. The quantitative estimate of drug-likeness (QED) is 0.781. The maximum atomic E-state index is 13.6. The molecule has 1 aromatic rings. The molecule has 0 radical (unpaired) electrons. The van der Waals surface area contributed by atoms with E-state index in [1.165, 1.54) is 12.1 Å². The van der Waals surface area contributed by atoms with Gasteiger partial charge in [-0.05, 0) is 31.5 Å². The number of aliphatic hydroxyl groups excluding tert-OH is 2. The van der Waals surface area contributed by atoms with Crippen molar-refractivity contribution >= 4 is 0 Å². The van der Waals surface area contributed by atoms with Crippen molar-refractivity contribution in [2.24, 2.45) is 0 Å². The van der Waals surface area contributed by atoms with Crippen LogP contribution in [0.25, 0.3) is 0 Å². The highest BCUT2D eigenvalue weighted by Crippen LogP contribution is 2.22. The molecule has 0 saturated carbocycles. The summed E-state index contributed by atoms with van der Waals surface area (Å²) in [6.45, 7) is 4.01. The minimum Gasteiger partial charge on any atom is -0.488 e. The molecule has 4 nitrogen and oxygen atoms in total. The number of ether oxygens (including phenoxy) is 2. The Morgan fingerprint density at radius 2 is 2.00 bits per heavy atom. The van der Waals surface area contributed by atoms with Crippen LogP contribution in [0, 0.1) is 5.82 Å². The zero-order chi connectivity index (χ0) is 13.5. The molecule has 0 saturated heterocycles. The standard InChI is InChI=1S/C13H19FO4/c1-3-17-7-11(16)8-18-13-5-4-10(9(2)15)6-12(13)14/h4-6,9,11,15-16H,3,7-8H2,1-2H3/t9-,11?/m1/s1. The zero-order valence-corrected chi connectivity index (χ0v) is 10.6. The highest BCUT2D eigenvalue weighted by atomic mass is 19.1. The normalized spacial score (nSPS) is 14.3. The van der Waals surface area contributed by atoms with Crippen LogP contribution in [0.1, 0.15) is 25.5 Å². The summed E-state index contributed by atoms with van der Waals surface area (Å²) in [6, 6.07) is 4.23. The minimum atomic E-state index is -0.791. The molecule has 0 fully saturated rings. The Labute approximate surface area is 106 Å². The van der Waals surface area contributed by atoms with Gasteiger partial charge in [0, 0.05) is 6.61 Å². The molecule has 1 unspecified atom stereocenters. The Bertz CT molecular complexity index is 368. The maximum Gasteiger partial charge on any atom is 0.165 e. The Morgan fingerprint density at radius 3 is 2.56 bits per heavy atom. The van der Waals surface area contributed by atoms with Crippen LogP contribution in [0.2, 0.25) is 0 Å². The summed E-state index contributed by atoms with van der Waals surface area (Å²) in [6.07, 6.45) is -1.52. The minimum absolute atomic E-state index is 0.0368. The van der Waals surface area contributed by atoms with E-state index in [1.807, 2.05) is 6.92 Å². The average Bonchev–Trinajstić information content (AvgIpc) is 2.34. The molecule has 0 aliphatic carbocycles. The summed E-state index contributed by atoms with van der Waals surface area (Å²) in [5, 5.41) is 18.8. The van der Waals surface area contributed by atoms with Crippen LogP contribution in [0.4, 0.5) is 4.39 Å². The van der Waals surface area contributed by atoms with E-state index in [-0.39, 0.29) is 19.0 Å². The number of hydrogen-bond donors (Lipinski definition) is 2. The van der Waals surface area contributed by atoms with Gasteiger partial charge in [0.15, 0.2) is 11.6 Å². The fourth-order valence-electron chi connectivity index (χ4n) is 1.38. The smallest absolute Gasteiger partial charge is 0.165 e. The monoisotopic (exact) mass is 258 g/mol. The van der Waals surface area contributed by atoms with E-state index in [2.05, 4.69) is 0 Å². The second kappa shape index (κ2) is 7.31. The highest BCUT2D eigenvalue weighted by molar-refractivity contribution is 5.30. The Hall–Kier alpha value is -1.17. The molecule has 0 amide bonds. The lowest BCUT2D eigenvalue weighted by Gasteiger charge is -2.13. The third-order valence-electron chi connectivity index (χ3n) is 2.38. The van der Waals surface area contributed by atoms with E-state index in [0.717, 1.165) is 0 Å². The number of benzene rings is 1. The molecule has 1 aromatic carbocycles. The molecule has 2 atom stereocenters. The van der Waals surface area contributed by atoms with Crippen LogP contribution in [0.15, 0.2) is 18.2 Å². The second-order valence-corrected chi connectivity index (χ2v) is 3.99. The van der Waals surface area contributed by atoms with Gasteiger partial charge in [0.05, 0.1) is 12.7 Å². The van der Waals surface area contributed by atoms with Gasteiger partial charge in [-0.2, -0.15) is 0 Å². The van der Waals surface area contributed by atoms with Crippen LogP contribution in [-0.4, -0.2) is 36.1 Å². The van der Waals surface area contributed by atoms with Gasteiger partial charge < -0.3 is 19.7 Å². The first-order chi connectivity index (χ1) is 8.54. The van der Waals surface area contributed by atoms with E-state index in [0.29, 0.717) is 12.2 Å². The Balaban J connectivity index is 2.52. The maximum absolute atomic E-state index is 13.6. The van der Waals surface area contributed by atoms with Crippen molar-refractivity contribution in [2.45, 2.75) is 26.1 Å². The third kappa shape index (κ3) is 4.60. The van der Waals surface area contributed by atoms with Crippen molar-refractivity contribution in [3.05, 3.63) is 29.6 Å². The zero-order valence-electron chi connectivity index (χ0n) is 10.6. The van der Waals surface area contributed by atoms with Gasteiger partial charge in [0.2, 0.25) is 0 Å². The van der Waals surface area contributed by atoms with Gasteiger partial charge in [-0.1, -0.05) is 6.07 Å². The lowest BCUT2D eigenvalue weighted by Crippen LogP contribution is -2.23. The van der Waals surface area contributed by atoms with Crippen molar-refractivity contribution in [1.82, 2.24) is 0 Å². The van der Waals surface area contributed by atoms with Crippen LogP contribution < -0.4 is 4.74 Å². The SMILES string of the molecule is CCOCC(O)COc1ccc([C@@H](C)O)cc1F. The summed E-state index contributed by atoms with van der Waals surface area (Å²) in [5.41, 5.74) is 0.481. The van der Waals surface area contributed by atoms with Crippen molar-refractivity contribution in [3.63, 3.8) is 0 Å². The first-order valence-corrected chi connectivity index (χ1v) is 5.90.